The van der Waals surface area contributed by atoms with E-state index in [9.17, 15) is 0 Å². The molecule has 0 amide bonds. The Kier molecular flexibility index (Phi) is 9.89. The van der Waals surface area contributed by atoms with E-state index in [2.05, 4.69) is 149 Å². The third-order valence-corrected chi connectivity index (χ3v) is 11.7. The van der Waals surface area contributed by atoms with Crippen LogP contribution < -0.4 is 32.9 Å². The van der Waals surface area contributed by atoms with E-state index >= 15 is 0 Å². The molecule has 4 rings (SSSR count). The average Bonchev–Trinajstić information content (AvgIpc) is 2.87. The molecular weight excluding hydrogens is 539 g/mol. The van der Waals surface area contributed by atoms with Gasteiger partial charge in [0, 0.05) is 0 Å². The largest absolute Gasteiger partial charge is 1.00 e. The zero-order valence-corrected chi connectivity index (χ0v) is 25.7. The fourth-order valence-corrected chi connectivity index (χ4v) is 10.2. The molecule has 0 radical (unpaired) electrons. The van der Waals surface area contributed by atoms with Crippen molar-refractivity contribution < 1.29 is 21.4 Å². The lowest BCUT2D eigenvalue weighted by atomic mass is 9.85. The highest BCUT2D eigenvalue weighted by Gasteiger charge is 2.45. The molecule has 1 nitrogen and oxygen atoms in total. The SMILES string of the molecule is C[SiH](C)OC(c1ccc(C[P+](c2ccccc2)(c2ccccc2)c2ccccc2)cc1)C(C)(C)C.[Br-]. The van der Waals surface area contributed by atoms with Crippen molar-refractivity contribution in [3.8, 4) is 0 Å². The van der Waals surface area contributed by atoms with E-state index in [1.165, 1.54) is 27.0 Å². The Balaban J connectivity index is 0.00000361. The second kappa shape index (κ2) is 12.5. The highest BCUT2D eigenvalue weighted by molar-refractivity contribution is 7.95. The first-order valence-corrected chi connectivity index (χ1v) is 17.4. The summed E-state index contributed by atoms with van der Waals surface area (Å²) >= 11 is 0. The molecule has 1 atom stereocenters. The Hall–Kier alpha value is -2.03. The summed E-state index contributed by atoms with van der Waals surface area (Å²) < 4.78 is 6.50. The van der Waals surface area contributed by atoms with Crippen LogP contribution >= 0.6 is 7.26 Å². The van der Waals surface area contributed by atoms with Crippen molar-refractivity contribution in [2.75, 3.05) is 0 Å². The van der Waals surface area contributed by atoms with Crippen LogP contribution in [0.15, 0.2) is 115 Å². The van der Waals surface area contributed by atoms with Crippen molar-refractivity contribution in [1.82, 2.24) is 0 Å². The van der Waals surface area contributed by atoms with Gasteiger partial charge < -0.3 is 21.4 Å². The highest BCUT2D eigenvalue weighted by atomic mass is 79.9. The quantitative estimate of drug-likeness (QED) is 0.225. The van der Waals surface area contributed by atoms with E-state index in [1.807, 2.05) is 0 Å². The van der Waals surface area contributed by atoms with Crippen molar-refractivity contribution in [3.63, 3.8) is 0 Å². The summed E-state index contributed by atoms with van der Waals surface area (Å²) in [6, 6.07) is 42.6. The topological polar surface area (TPSA) is 9.23 Å². The van der Waals surface area contributed by atoms with Gasteiger partial charge in [-0.05, 0) is 66.0 Å². The molecule has 0 aliphatic heterocycles. The minimum atomic E-state index is -1.89. The lowest BCUT2D eigenvalue weighted by Crippen LogP contribution is -3.00. The maximum atomic E-state index is 6.50. The fraction of sp³-hybridized carbons (Fsp3) is 0.250. The summed E-state index contributed by atoms with van der Waals surface area (Å²) in [5, 5.41) is 4.26. The summed E-state index contributed by atoms with van der Waals surface area (Å²) in [7, 11) is -3.06. The molecule has 0 spiro atoms. The van der Waals surface area contributed by atoms with Crippen LogP contribution in [0.5, 0.6) is 0 Å². The maximum absolute atomic E-state index is 6.50. The van der Waals surface area contributed by atoms with E-state index in [-0.39, 0.29) is 28.5 Å². The number of hydrogen-bond acceptors (Lipinski definition) is 1. The van der Waals surface area contributed by atoms with Gasteiger partial charge in [-0.15, -0.1) is 0 Å². The zero-order valence-electron chi connectivity index (χ0n) is 22.1. The molecule has 0 heterocycles. The molecule has 4 aromatic rings. The van der Waals surface area contributed by atoms with Crippen molar-refractivity contribution in [3.05, 3.63) is 126 Å². The third kappa shape index (κ3) is 6.44. The first-order chi connectivity index (χ1) is 16.8. The van der Waals surface area contributed by atoms with Gasteiger partial charge in [-0.25, -0.2) is 0 Å². The van der Waals surface area contributed by atoms with Crippen LogP contribution in [0.3, 0.4) is 0 Å². The first kappa shape index (κ1) is 28.5. The summed E-state index contributed by atoms with van der Waals surface area (Å²) in [6.45, 7) is 11.3. The van der Waals surface area contributed by atoms with Gasteiger partial charge in [0.15, 0.2) is 9.04 Å². The van der Waals surface area contributed by atoms with Gasteiger partial charge in [0.05, 0.1) is 12.3 Å². The highest BCUT2D eigenvalue weighted by Crippen LogP contribution is 2.58. The van der Waals surface area contributed by atoms with Gasteiger partial charge in [-0.3, -0.25) is 0 Å². The first-order valence-electron chi connectivity index (χ1n) is 12.6. The Morgan fingerprint density at radius 1 is 0.639 bits per heavy atom. The Bertz CT molecular complexity index is 1090. The van der Waals surface area contributed by atoms with Gasteiger partial charge >= 0.3 is 0 Å². The molecule has 0 saturated carbocycles. The molecule has 0 fully saturated rings. The number of halogens is 1. The second-order valence-electron chi connectivity index (χ2n) is 10.6. The van der Waals surface area contributed by atoms with E-state index in [0.29, 0.717) is 0 Å². The molecule has 0 N–H and O–H groups in total. The van der Waals surface area contributed by atoms with Gasteiger partial charge in [0.25, 0.3) is 0 Å². The molecular formula is C32H38BrOPSi. The van der Waals surface area contributed by atoms with Crippen LogP contribution in [0.1, 0.15) is 38.0 Å². The Morgan fingerprint density at radius 2 is 1.03 bits per heavy atom. The van der Waals surface area contributed by atoms with Gasteiger partial charge in [0.2, 0.25) is 0 Å². The molecule has 0 aromatic heterocycles. The maximum Gasteiger partial charge on any atom is 0.171 e. The molecule has 4 heteroatoms. The van der Waals surface area contributed by atoms with Crippen LogP contribution in [-0.2, 0) is 10.6 Å². The number of hydrogen-bond donors (Lipinski definition) is 0. The molecule has 0 aliphatic carbocycles. The molecule has 188 valence electrons. The van der Waals surface area contributed by atoms with E-state index in [1.54, 1.807) is 0 Å². The smallest absolute Gasteiger partial charge is 0.171 e. The molecule has 4 aromatic carbocycles. The van der Waals surface area contributed by atoms with Crippen LogP contribution in [0, 0.1) is 5.41 Å². The van der Waals surface area contributed by atoms with Crippen molar-refractivity contribution in [2.45, 2.75) is 46.1 Å². The summed E-state index contributed by atoms with van der Waals surface area (Å²) in [4.78, 5) is 0. The monoisotopic (exact) mass is 576 g/mol. The standard InChI is InChI=1S/C32H38OPSi.BrH/c1-32(2,3)31(33-35(4)5)27-23-21-26(22-24-27)25-34(28-15-9-6-10-16-28,29-17-11-7-12-18-29)30-19-13-8-14-20-30;/h6-24,31,35H,25H2,1-5H3;1H/q+1;/p-1. The third-order valence-electron chi connectivity index (χ3n) is 6.49. The Labute approximate surface area is 230 Å². The minimum Gasteiger partial charge on any atom is -1.00 e. The van der Waals surface area contributed by atoms with Crippen LogP contribution in [0.2, 0.25) is 13.1 Å². The van der Waals surface area contributed by atoms with Crippen LogP contribution in [0.4, 0.5) is 0 Å². The molecule has 0 aliphatic rings. The van der Waals surface area contributed by atoms with Gasteiger partial charge in [0.1, 0.15) is 23.2 Å². The van der Waals surface area contributed by atoms with Crippen molar-refractivity contribution >= 4 is 32.2 Å². The van der Waals surface area contributed by atoms with Crippen LogP contribution in [0.25, 0.3) is 0 Å². The predicted molar refractivity (Wildman–Crippen MR) is 157 cm³/mol. The van der Waals surface area contributed by atoms with E-state index < -0.39 is 16.3 Å². The van der Waals surface area contributed by atoms with Crippen LogP contribution in [-0.4, -0.2) is 9.04 Å². The number of benzene rings is 4. The second-order valence-corrected chi connectivity index (χ2v) is 16.5. The predicted octanol–water partition coefficient (Wildman–Crippen LogP) is 4.27. The average molecular weight is 578 g/mol. The molecule has 0 bridgehead atoms. The summed E-state index contributed by atoms with van der Waals surface area (Å²) in [6.07, 6.45) is 1.12. The molecule has 0 saturated heterocycles. The van der Waals surface area contributed by atoms with Crippen molar-refractivity contribution in [2.24, 2.45) is 5.41 Å². The number of rotatable bonds is 8. The summed E-state index contributed by atoms with van der Waals surface area (Å²) in [5.74, 6) is 0. The van der Waals surface area contributed by atoms with Gasteiger partial charge in [-0.2, -0.15) is 0 Å². The summed E-state index contributed by atoms with van der Waals surface area (Å²) in [5.41, 5.74) is 2.71. The zero-order chi connectivity index (χ0) is 24.9. The fourth-order valence-electron chi connectivity index (χ4n) is 4.90. The lowest BCUT2D eigenvalue weighted by molar-refractivity contribution is -0.00000802. The molecule has 1 unspecified atom stereocenters. The minimum absolute atomic E-state index is 0. The Morgan fingerprint density at radius 3 is 1.36 bits per heavy atom. The van der Waals surface area contributed by atoms with E-state index in [0.717, 1.165) is 6.16 Å². The lowest BCUT2D eigenvalue weighted by Gasteiger charge is -2.33. The normalized spacial score (nSPS) is 12.7. The molecule has 36 heavy (non-hydrogen) atoms. The van der Waals surface area contributed by atoms with Gasteiger partial charge in [-0.1, -0.05) is 99.6 Å². The van der Waals surface area contributed by atoms with E-state index in [4.69, 9.17) is 4.43 Å². The van der Waals surface area contributed by atoms with Crippen molar-refractivity contribution in [1.29, 1.82) is 0 Å².